The minimum absolute atomic E-state index is 0.0951. The number of aromatic hydroxyl groups is 1. The van der Waals surface area contributed by atoms with E-state index < -0.39 is 22.5 Å². The van der Waals surface area contributed by atoms with Crippen molar-refractivity contribution < 1.29 is 23.1 Å². The van der Waals surface area contributed by atoms with Crippen molar-refractivity contribution >= 4 is 43.9 Å². The molecule has 4 rings (SSSR count). The summed E-state index contributed by atoms with van der Waals surface area (Å²) in [4.78, 5) is 24.8. The Balaban J connectivity index is 1.76. The van der Waals surface area contributed by atoms with Gasteiger partial charge in [-0.15, -0.1) is 0 Å². The van der Waals surface area contributed by atoms with Gasteiger partial charge in [-0.2, -0.15) is 0 Å². The first kappa shape index (κ1) is 24.9. The number of hydrogen-bond acceptors (Lipinski definition) is 5. The largest absolute Gasteiger partial charge is 0.507 e. The molecule has 1 amide bonds. The number of phenols is 1. The normalized spacial score (nSPS) is 11.3. The zero-order chi connectivity index (χ0) is 26.0. The van der Waals surface area contributed by atoms with Crippen LogP contribution in [0, 0.1) is 13.8 Å². The van der Waals surface area contributed by atoms with Gasteiger partial charge in [-0.05, 0) is 61.5 Å². The molecule has 0 bridgehead atoms. The number of benzene rings is 4. The predicted molar refractivity (Wildman–Crippen MR) is 141 cm³/mol. The van der Waals surface area contributed by atoms with Gasteiger partial charge in [-0.3, -0.25) is 13.9 Å². The van der Waals surface area contributed by atoms with Crippen molar-refractivity contribution in [1.82, 2.24) is 0 Å². The summed E-state index contributed by atoms with van der Waals surface area (Å²) in [7, 11) is -4.15. The molecule has 0 aliphatic rings. The molecule has 184 valence electrons. The summed E-state index contributed by atoms with van der Waals surface area (Å²) >= 11 is 0. The lowest BCUT2D eigenvalue weighted by Gasteiger charge is -2.27. The molecule has 0 heterocycles. The number of nitrogens with zero attached hydrogens (tertiary/aromatic N) is 1. The summed E-state index contributed by atoms with van der Waals surface area (Å²) in [6, 6.07) is 21.7. The van der Waals surface area contributed by atoms with E-state index in [0.29, 0.717) is 11.1 Å². The van der Waals surface area contributed by atoms with E-state index in [2.05, 4.69) is 5.32 Å². The van der Waals surface area contributed by atoms with Crippen LogP contribution < -0.4 is 9.62 Å². The van der Waals surface area contributed by atoms with E-state index >= 15 is 0 Å². The van der Waals surface area contributed by atoms with Crippen molar-refractivity contribution in [3.63, 3.8) is 0 Å². The lowest BCUT2D eigenvalue weighted by molar-refractivity contribution is -0.114. The second-order valence-corrected chi connectivity index (χ2v) is 10.4. The third-order valence-corrected chi connectivity index (χ3v) is 7.93. The number of phenolic OH excluding ortho intramolecular Hbond substituents is 1. The van der Waals surface area contributed by atoms with E-state index in [1.807, 2.05) is 38.1 Å². The third kappa shape index (κ3) is 4.81. The molecule has 0 fully saturated rings. The van der Waals surface area contributed by atoms with E-state index in [1.165, 1.54) is 31.2 Å². The van der Waals surface area contributed by atoms with E-state index in [4.69, 9.17) is 0 Å². The summed E-state index contributed by atoms with van der Waals surface area (Å²) in [6.45, 7) is 4.52. The third-order valence-electron chi connectivity index (χ3n) is 6.11. The van der Waals surface area contributed by atoms with E-state index in [9.17, 15) is 23.1 Å². The van der Waals surface area contributed by atoms with Crippen molar-refractivity contribution in [1.29, 1.82) is 0 Å². The fraction of sp³-hybridized carbons (Fsp3) is 0.143. The molecule has 0 aliphatic carbocycles. The van der Waals surface area contributed by atoms with Crippen LogP contribution in [-0.2, 0) is 14.8 Å². The number of hydrogen-bond donors (Lipinski definition) is 2. The number of nitrogens with one attached hydrogen (secondary N) is 1. The first-order valence-corrected chi connectivity index (χ1v) is 12.7. The Morgan fingerprint density at radius 3 is 2.33 bits per heavy atom. The van der Waals surface area contributed by atoms with E-state index in [1.54, 1.807) is 30.3 Å². The Labute approximate surface area is 210 Å². The first-order chi connectivity index (χ1) is 17.1. The van der Waals surface area contributed by atoms with Crippen LogP contribution in [0.2, 0.25) is 0 Å². The minimum Gasteiger partial charge on any atom is -0.507 e. The quantitative estimate of drug-likeness (QED) is 0.338. The summed E-state index contributed by atoms with van der Waals surface area (Å²) in [5.74, 6) is -1.18. The molecule has 0 radical (unpaired) electrons. The van der Waals surface area contributed by atoms with Crippen molar-refractivity contribution in [2.24, 2.45) is 0 Å². The number of rotatable bonds is 7. The molecule has 0 aliphatic heterocycles. The predicted octanol–water partition coefficient (Wildman–Crippen LogP) is 5.20. The highest BCUT2D eigenvalue weighted by atomic mass is 32.2. The molecule has 4 aromatic carbocycles. The van der Waals surface area contributed by atoms with Gasteiger partial charge in [0.25, 0.3) is 10.0 Å². The molecule has 2 N–H and O–H groups in total. The van der Waals surface area contributed by atoms with Crippen LogP contribution in [0.1, 0.15) is 28.4 Å². The van der Waals surface area contributed by atoms with Gasteiger partial charge < -0.3 is 10.4 Å². The number of sulfonamides is 1. The van der Waals surface area contributed by atoms with Crippen molar-refractivity contribution in [3.05, 3.63) is 95.6 Å². The number of fused-ring (bicyclic) bond motifs is 1. The number of anilines is 2. The van der Waals surface area contributed by atoms with Gasteiger partial charge in [0, 0.05) is 17.1 Å². The van der Waals surface area contributed by atoms with Crippen LogP contribution in [0.3, 0.4) is 0 Å². The maximum atomic E-state index is 14.0. The Hall–Kier alpha value is -4.17. The average molecular weight is 503 g/mol. The fourth-order valence-corrected chi connectivity index (χ4v) is 5.78. The molecule has 4 aromatic rings. The maximum Gasteiger partial charge on any atom is 0.265 e. The second kappa shape index (κ2) is 9.83. The lowest BCUT2D eigenvalue weighted by Crippen LogP contribution is -2.38. The molecule has 0 saturated heterocycles. The van der Waals surface area contributed by atoms with Crippen molar-refractivity contribution in [3.8, 4) is 5.75 Å². The van der Waals surface area contributed by atoms with Gasteiger partial charge in [0.1, 0.15) is 12.3 Å². The van der Waals surface area contributed by atoms with Gasteiger partial charge in [-0.1, -0.05) is 48.5 Å². The SMILES string of the molecule is CC(=O)c1ccc(NC(=O)CN(c2cccc(C)c2C)S(=O)(=O)c2cccc3ccccc23)cc1O. The van der Waals surface area contributed by atoms with Gasteiger partial charge >= 0.3 is 0 Å². The molecule has 0 unspecified atom stereocenters. The molecular weight excluding hydrogens is 476 g/mol. The first-order valence-electron chi connectivity index (χ1n) is 11.3. The standard InChI is InChI=1S/C28H26N2O5S/c1-18-8-6-12-25(19(18)2)30(17-28(33)29-22-14-15-23(20(3)31)26(32)16-22)36(34,35)27-13-7-10-21-9-4-5-11-24(21)27/h4-16,32H,17H2,1-3H3,(H,29,33). The van der Waals surface area contributed by atoms with E-state index in [-0.39, 0.29) is 27.7 Å². The number of aryl methyl sites for hydroxylation is 1. The van der Waals surface area contributed by atoms with E-state index in [0.717, 1.165) is 20.8 Å². The highest BCUT2D eigenvalue weighted by molar-refractivity contribution is 7.93. The number of carbonyl (C=O) groups is 2. The molecule has 8 heteroatoms. The summed E-state index contributed by atoms with van der Waals surface area (Å²) in [5, 5.41) is 14.1. The number of ketones is 1. The van der Waals surface area contributed by atoms with Gasteiger partial charge in [0.15, 0.2) is 5.78 Å². The van der Waals surface area contributed by atoms with Crippen molar-refractivity contribution in [2.45, 2.75) is 25.7 Å². The smallest absolute Gasteiger partial charge is 0.265 e. The maximum absolute atomic E-state index is 14.0. The monoisotopic (exact) mass is 502 g/mol. The highest BCUT2D eigenvalue weighted by Gasteiger charge is 2.30. The number of carbonyl (C=O) groups excluding carboxylic acids is 2. The zero-order valence-corrected chi connectivity index (χ0v) is 21.0. The van der Waals surface area contributed by atoms with Gasteiger partial charge in [-0.25, -0.2) is 8.42 Å². The zero-order valence-electron chi connectivity index (χ0n) is 20.1. The second-order valence-electron chi connectivity index (χ2n) is 8.54. The van der Waals surface area contributed by atoms with Crippen LogP contribution in [0.4, 0.5) is 11.4 Å². The molecular formula is C28H26N2O5S. The molecule has 0 saturated carbocycles. The topological polar surface area (TPSA) is 104 Å². The van der Waals surface area contributed by atoms with Gasteiger partial charge in [0.05, 0.1) is 16.1 Å². The van der Waals surface area contributed by atoms with Crippen molar-refractivity contribution in [2.75, 3.05) is 16.2 Å². The molecule has 0 aromatic heterocycles. The number of Topliss-reactive ketones (excluding diaryl/α,β-unsaturated/α-hetero) is 1. The molecule has 36 heavy (non-hydrogen) atoms. The molecule has 0 atom stereocenters. The minimum atomic E-state index is -4.15. The Kier molecular flexibility index (Phi) is 6.81. The summed E-state index contributed by atoms with van der Waals surface area (Å²) < 4.78 is 29.2. The summed E-state index contributed by atoms with van der Waals surface area (Å²) in [5.41, 5.74) is 2.38. The highest BCUT2D eigenvalue weighted by Crippen LogP contribution is 2.32. The Morgan fingerprint density at radius 2 is 1.61 bits per heavy atom. The van der Waals surface area contributed by atoms with Crippen LogP contribution in [-0.4, -0.2) is 31.8 Å². The molecule has 0 spiro atoms. The van der Waals surface area contributed by atoms with Crippen LogP contribution in [0.15, 0.2) is 83.8 Å². The summed E-state index contributed by atoms with van der Waals surface area (Å²) in [6.07, 6.45) is 0. The van der Waals surface area contributed by atoms with Crippen LogP contribution in [0.5, 0.6) is 5.75 Å². The van der Waals surface area contributed by atoms with Crippen LogP contribution in [0.25, 0.3) is 10.8 Å². The Bertz CT molecular complexity index is 1590. The average Bonchev–Trinajstić information content (AvgIpc) is 2.84. The fourth-order valence-electron chi connectivity index (χ4n) is 4.08. The number of amides is 1. The Morgan fingerprint density at radius 1 is 0.917 bits per heavy atom. The molecule has 7 nitrogen and oxygen atoms in total. The van der Waals surface area contributed by atoms with Crippen LogP contribution >= 0.6 is 0 Å². The lowest BCUT2D eigenvalue weighted by atomic mass is 10.1. The van der Waals surface area contributed by atoms with Gasteiger partial charge in [0.2, 0.25) is 5.91 Å².